The summed E-state index contributed by atoms with van der Waals surface area (Å²) >= 11 is 8.01. The first-order valence-electron chi connectivity index (χ1n) is 3.98. The van der Waals surface area contributed by atoms with Gasteiger partial charge in [0.15, 0.2) is 4.77 Å². The molecule has 0 saturated heterocycles. The average molecular weight is 212 g/mol. The van der Waals surface area contributed by atoms with Gasteiger partial charge in [-0.25, -0.2) is 0 Å². The molecule has 1 nitrogen and oxygen atoms in total. The van der Waals surface area contributed by atoms with E-state index in [1.807, 2.05) is 43.3 Å². The molecule has 0 amide bonds. The van der Waals surface area contributed by atoms with E-state index in [4.69, 9.17) is 4.74 Å². The average Bonchev–Trinajstić information content (AvgIpc) is 2.08. The molecule has 0 radical (unpaired) electrons. The molecular formula is C10H12OS2. The fraction of sp³-hybridized carbons (Fsp3) is 0.200. The molecule has 0 aliphatic rings. The zero-order valence-electron chi connectivity index (χ0n) is 7.34. The number of allylic oxidation sites excluding steroid dienone is 1. The summed E-state index contributed by atoms with van der Waals surface area (Å²) in [5.41, 5.74) is 1.16. The minimum absolute atomic E-state index is 0.368. The normalized spacial score (nSPS) is 11.1. The summed E-state index contributed by atoms with van der Waals surface area (Å²) < 4.78 is 4.88. The quantitative estimate of drug-likeness (QED) is 0.577. The van der Waals surface area contributed by atoms with E-state index < -0.39 is 0 Å². The highest BCUT2D eigenvalue weighted by molar-refractivity contribution is 7.98. The lowest BCUT2D eigenvalue weighted by atomic mass is 10.2. The third-order valence-electron chi connectivity index (χ3n) is 1.48. The van der Waals surface area contributed by atoms with Crippen LogP contribution >= 0.6 is 25.3 Å². The third kappa shape index (κ3) is 3.79. The van der Waals surface area contributed by atoms with Gasteiger partial charge in [-0.15, -0.1) is 25.3 Å². The molecule has 0 aromatic heterocycles. The van der Waals surface area contributed by atoms with Crippen molar-refractivity contribution in [2.45, 2.75) is 11.7 Å². The van der Waals surface area contributed by atoms with Crippen molar-refractivity contribution in [3.8, 4) is 5.75 Å². The van der Waals surface area contributed by atoms with Crippen LogP contribution in [0.5, 0.6) is 5.75 Å². The Bertz CT molecular complexity index is 277. The molecule has 0 spiro atoms. The van der Waals surface area contributed by atoms with Gasteiger partial charge in [0.1, 0.15) is 5.75 Å². The Labute approximate surface area is 89.6 Å². The Kier molecular flexibility index (Phi) is 4.25. The Morgan fingerprint density at radius 2 is 1.85 bits per heavy atom. The number of hydrogen-bond donors (Lipinski definition) is 2. The van der Waals surface area contributed by atoms with Crippen LogP contribution in [0.15, 0.2) is 30.3 Å². The monoisotopic (exact) mass is 212 g/mol. The summed E-state index contributed by atoms with van der Waals surface area (Å²) in [6.45, 7) is 1.99. The van der Waals surface area contributed by atoms with Crippen molar-refractivity contribution < 1.29 is 4.74 Å². The van der Waals surface area contributed by atoms with Gasteiger partial charge in [-0.05, 0) is 24.6 Å². The van der Waals surface area contributed by atoms with Crippen LogP contribution in [-0.2, 0) is 0 Å². The van der Waals surface area contributed by atoms with E-state index in [1.54, 1.807) is 0 Å². The summed E-state index contributed by atoms with van der Waals surface area (Å²) in [6.07, 6.45) is 4.03. The summed E-state index contributed by atoms with van der Waals surface area (Å²) in [6, 6.07) is 7.77. The molecular weight excluding hydrogens is 200 g/mol. The van der Waals surface area contributed by atoms with Crippen LogP contribution in [0.1, 0.15) is 12.5 Å². The lowest BCUT2D eigenvalue weighted by Gasteiger charge is -2.07. The first-order chi connectivity index (χ1) is 6.22. The maximum Gasteiger partial charge on any atom is 0.185 e. The molecule has 0 saturated carbocycles. The number of benzene rings is 1. The van der Waals surface area contributed by atoms with Crippen LogP contribution < -0.4 is 4.74 Å². The first-order valence-corrected chi connectivity index (χ1v) is 5.01. The lowest BCUT2D eigenvalue weighted by molar-refractivity contribution is 0.369. The number of rotatable bonds is 3. The van der Waals surface area contributed by atoms with Gasteiger partial charge in [0.05, 0.1) is 0 Å². The number of ether oxygens (including phenoxy) is 1. The topological polar surface area (TPSA) is 9.23 Å². The Morgan fingerprint density at radius 3 is 2.31 bits per heavy atom. The molecule has 0 unspecified atom stereocenters. The minimum Gasteiger partial charge on any atom is -0.470 e. The van der Waals surface area contributed by atoms with E-state index in [-0.39, 0.29) is 4.77 Å². The smallest absolute Gasteiger partial charge is 0.185 e. The van der Waals surface area contributed by atoms with Gasteiger partial charge in [0.25, 0.3) is 0 Å². The van der Waals surface area contributed by atoms with E-state index in [2.05, 4.69) is 25.3 Å². The van der Waals surface area contributed by atoms with Gasteiger partial charge in [0, 0.05) is 0 Å². The van der Waals surface area contributed by atoms with Crippen LogP contribution in [0.4, 0.5) is 0 Å². The van der Waals surface area contributed by atoms with E-state index in [0.717, 1.165) is 11.3 Å². The molecule has 0 fully saturated rings. The second-order valence-electron chi connectivity index (χ2n) is 2.51. The van der Waals surface area contributed by atoms with Crippen molar-refractivity contribution in [3.63, 3.8) is 0 Å². The van der Waals surface area contributed by atoms with Crippen LogP contribution in [0.3, 0.4) is 0 Å². The fourth-order valence-electron chi connectivity index (χ4n) is 0.972. The largest absolute Gasteiger partial charge is 0.470 e. The molecule has 3 heteroatoms. The molecule has 1 rings (SSSR count). The zero-order chi connectivity index (χ0) is 9.68. The Hall–Kier alpha value is -0.540. The van der Waals surface area contributed by atoms with Crippen molar-refractivity contribution in [3.05, 3.63) is 35.9 Å². The van der Waals surface area contributed by atoms with Crippen LogP contribution in [0.25, 0.3) is 6.08 Å². The SMILES string of the molecule is CC=Cc1ccc(OC(S)S)cc1. The van der Waals surface area contributed by atoms with Crippen molar-refractivity contribution >= 4 is 31.3 Å². The third-order valence-corrected chi connectivity index (χ3v) is 1.69. The molecule has 1 aromatic rings. The molecule has 0 bridgehead atoms. The second-order valence-corrected chi connectivity index (χ2v) is 3.86. The second kappa shape index (κ2) is 5.25. The molecule has 0 aliphatic carbocycles. The predicted molar refractivity (Wildman–Crippen MR) is 63.5 cm³/mol. The van der Waals surface area contributed by atoms with Gasteiger partial charge in [-0.2, -0.15) is 0 Å². The van der Waals surface area contributed by atoms with Gasteiger partial charge in [-0.3, -0.25) is 0 Å². The van der Waals surface area contributed by atoms with E-state index in [9.17, 15) is 0 Å². The highest BCUT2D eigenvalue weighted by Gasteiger charge is 1.96. The zero-order valence-corrected chi connectivity index (χ0v) is 9.13. The van der Waals surface area contributed by atoms with Gasteiger partial charge < -0.3 is 4.74 Å². The molecule has 0 heterocycles. The summed E-state index contributed by atoms with van der Waals surface area (Å²) in [7, 11) is 0. The molecule has 1 aromatic carbocycles. The number of thiol groups is 2. The highest BCUT2D eigenvalue weighted by Crippen LogP contribution is 2.16. The summed E-state index contributed by atoms with van der Waals surface area (Å²) in [4.78, 5) is 0. The molecule has 0 atom stereocenters. The Morgan fingerprint density at radius 1 is 1.23 bits per heavy atom. The maximum atomic E-state index is 5.25. The summed E-state index contributed by atoms with van der Waals surface area (Å²) in [5, 5.41) is 0. The van der Waals surface area contributed by atoms with Crippen molar-refractivity contribution in [1.29, 1.82) is 0 Å². The van der Waals surface area contributed by atoms with E-state index >= 15 is 0 Å². The number of hydrogen-bond acceptors (Lipinski definition) is 3. The standard InChI is InChI=1S/C10H12OS2/c1-2-3-8-4-6-9(7-5-8)11-10(12)13/h2-7,10,12-13H,1H3. The van der Waals surface area contributed by atoms with Gasteiger partial charge in [-0.1, -0.05) is 24.3 Å². The fourth-order valence-corrected chi connectivity index (χ4v) is 1.22. The first kappa shape index (κ1) is 10.5. The lowest BCUT2D eigenvalue weighted by Crippen LogP contribution is -1.98. The Balaban J connectivity index is 2.69. The van der Waals surface area contributed by atoms with Crippen molar-refractivity contribution in [2.24, 2.45) is 0 Å². The molecule has 13 heavy (non-hydrogen) atoms. The minimum atomic E-state index is -0.368. The van der Waals surface area contributed by atoms with Gasteiger partial charge in [0.2, 0.25) is 0 Å². The van der Waals surface area contributed by atoms with Crippen molar-refractivity contribution in [2.75, 3.05) is 0 Å². The van der Waals surface area contributed by atoms with Crippen molar-refractivity contribution in [1.82, 2.24) is 0 Å². The summed E-state index contributed by atoms with van der Waals surface area (Å²) in [5.74, 6) is 0.781. The van der Waals surface area contributed by atoms with E-state index in [1.165, 1.54) is 0 Å². The van der Waals surface area contributed by atoms with Gasteiger partial charge >= 0.3 is 0 Å². The predicted octanol–water partition coefficient (Wildman–Crippen LogP) is 3.24. The maximum absolute atomic E-state index is 5.25. The highest BCUT2D eigenvalue weighted by atomic mass is 32.2. The van der Waals surface area contributed by atoms with Crippen LogP contribution in [0.2, 0.25) is 0 Å². The molecule has 0 aliphatic heterocycles. The van der Waals surface area contributed by atoms with E-state index in [0.29, 0.717) is 0 Å². The molecule has 0 N–H and O–H groups in total. The van der Waals surface area contributed by atoms with Crippen LogP contribution in [0, 0.1) is 0 Å². The van der Waals surface area contributed by atoms with Crippen LogP contribution in [-0.4, -0.2) is 4.77 Å². The molecule has 70 valence electrons.